The second-order valence-electron chi connectivity index (χ2n) is 5.33. The van der Waals surface area contributed by atoms with Gasteiger partial charge in [-0.15, -0.1) is 0 Å². The fourth-order valence-electron chi connectivity index (χ4n) is 2.05. The van der Waals surface area contributed by atoms with E-state index in [-0.39, 0.29) is 11.9 Å². The minimum atomic E-state index is -0.618. The molecule has 0 aliphatic carbocycles. The number of para-hydroxylation sites is 1. The van der Waals surface area contributed by atoms with Crippen LogP contribution in [0.3, 0.4) is 0 Å². The molecule has 2 aromatic rings. The maximum absolute atomic E-state index is 12.2. The van der Waals surface area contributed by atoms with Gasteiger partial charge in [0, 0.05) is 0 Å². The number of nitrogens with one attached hydrogen (secondary N) is 1. The summed E-state index contributed by atoms with van der Waals surface area (Å²) in [5.41, 5.74) is 2.25. The number of hydrogen-bond donors (Lipinski definition) is 1. The Morgan fingerprint density at radius 2 is 1.73 bits per heavy atom. The quantitative estimate of drug-likeness (QED) is 0.893. The van der Waals surface area contributed by atoms with Gasteiger partial charge in [0.1, 0.15) is 5.75 Å². The molecule has 2 aromatic carbocycles. The summed E-state index contributed by atoms with van der Waals surface area (Å²) in [6, 6.07) is 15.1. The van der Waals surface area contributed by atoms with Crippen LogP contribution in [-0.2, 0) is 4.79 Å². The number of hydrogen-bond acceptors (Lipinski definition) is 2. The van der Waals surface area contributed by atoms with Crippen LogP contribution in [0, 0.1) is 6.92 Å². The third-order valence-corrected chi connectivity index (χ3v) is 3.76. The van der Waals surface area contributed by atoms with Gasteiger partial charge in [-0.2, -0.15) is 0 Å². The molecule has 0 bridgehead atoms. The Morgan fingerprint density at radius 3 is 2.36 bits per heavy atom. The van der Waals surface area contributed by atoms with Crippen LogP contribution in [0.15, 0.2) is 48.5 Å². The van der Waals surface area contributed by atoms with Crippen molar-refractivity contribution in [3.63, 3.8) is 0 Å². The number of halogens is 1. The number of benzene rings is 2. The fraction of sp³-hybridized carbons (Fsp3) is 0.278. The standard InChI is InChI=1S/C18H20ClNO2/c1-12-8-10-15(11-9-12)13(2)20-18(21)14(3)22-17-7-5-4-6-16(17)19/h4-11,13-14H,1-3H3,(H,20,21)/t13-,14+/m1/s1. The highest BCUT2D eigenvalue weighted by Crippen LogP contribution is 2.24. The van der Waals surface area contributed by atoms with Gasteiger partial charge in [0.25, 0.3) is 5.91 Å². The molecular formula is C18H20ClNO2. The van der Waals surface area contributed by atoms with Crippen LogP contribution in [0.5, 0.6) is 5.75 Å². The van der Waals surface area contributed by atoms with Crippen LogP contribution in [0.4, 0.5) is 0 Å². The Morgan fingerprint density at radius 1 is 1.09 bits per heavy atom. The SMILES string of the molecule is Cc1ccc([C@@H](C)NC(=O)[C@H](C)Oc2ccccc2Cl)cc1. The van der Waals surface area contributed by atoms with Gasteiger partial charge in [0.15, 0.2) is 6.10 Å². The number of aryl methyl sites for hydroxylation is 1. The van der Waals surface area contributed by atoms with E-state index in [1.807, 2.05) is 50.2 Å². The predicted molar refractivity (Wildman–Crippen MR) is 89.3 cm³/mol. The zero-order chi connectivity index (χ0) is 16.1. The van der Waals surface area contributed by atoms with Crippen LogP contribution in [0.1, 0.15) is 31.0 Å². The van der Waals surface area contributed by atoms with E-state index in [2.05, 4.69) is 5.32 Å². The minimum absolute atomic E-state index is 0.0783. The van der Waals surface area contributed by atoms with E-state index in [9.17, 15) is 4.79 Å². The third-order valence-electron chi connectivity index (χ3n) is 3.45. The van der Waals surface area contributed by atoms with Crippen LogP contribution >= 0.6 is 11.6 Å². The minimum Gasteiger partial charge on any atom is -0.479 e. The zero-order valence-corrected chi connectivity index (χ0v) is 13.7. The van der Waals surface area contributed by atoms with Crippen molar-refractivity contribution in [2.75, 3.05) is 0 Å². The second-order valence-corrected chi connectivity index (χ2v) is 5.74. The Labute approximate surface area is 136 Å². The first-order valence-corrected chi connectivity index (χ1v) is 7.63. The Hall–Kier alpha value is -2.00. The lowest BCUT2D eigenvalue weighted by Crippen LogP contribution is -2.37. The maximum Gasteiger partial charge on any atom is 0.261 e. The summed E-state index contributed by atoms with van der Waals surface area (Å²) < 4.78 is 5.62. The van der Waals surface area contributed by atoms with Crippen LogP contribution < -0.4 is 10.1 Å². The normalized spacial score (nSPS) is 13.3. The van der Waals surface area contributed by atoms with Crippen LogP contribution in [0.25, 0.3) is 0 Å². The number of carbonyl (C=O) groups excluding carboxylic acids is 1. The van der Waals surface area contributed by atoms with Crippen LogP contribution in [-0.4, -0.2) is 12.0 Å². The lowest BCUT2D eigenvalue weighted by Gasteiger charge is -2.19. The van der Waals surface area contributed by atoms with E-state index < -0.39 is 6.10 Å². The van der Waals surface area contributed by atoms with E-state index in [0.717, 1.165) is 5.56 Å². The van der Waals surface area contributed by atoms with E-state index in [4.69, 9.17) is 16.3 Å². The summed E-state index contributed by atoms with van der Waals surface area (Å²) in [5.74, 6) is 0.336. The highest BCUT2D eigenvalue weighted by molar-refractivity contribution is 6.32. The molecule has 3 nitrogen and oxygen atoms in total. The van der Waals surface area contributed by atoms with Gasteiger partial charge in [0.2, 0.25) is 0 Å². The molecule has 0 unspecified atom stereocenters. The second kappa shape index (κ2) is 7.32. The summed E-state index contributed by atoms with van der Waals surface area (Å²) in [7, 11) is 0. The number of amides is 1. The highest BCUT2D eigenvalue weighted by Gasteiger charge is 2.18. The first-order chi connectivity index (χ1) is 10.5. The first-order valence-electron chi connectivity index (χ1n) is 7.25. The Kier molecular flexibility index (Phi) is 5.45. The van der Waals surface area contributed by atoms with E-state index in [1.165, 1.54) is 5.56 Å². The van der Waals surface area contributed by atoms with Crippen molar-refractivity contribution in [2.45, 2.75) is 32.9 Å². The lowest BCUT2D eigenvalue weighted by atomic mass is 10.1. The molecule has 116 valence electrons. The molecule has 2 atom stereocenters. The van der Waals surface area contributed by atoms with Gasteiger partial charge in [-0.25, -0.2) is 0 Å². The molecule has 0 aromatic heterocycles. The molecule has 0 spiro atoms. The summed E-state index contributed by atoms with van der Waals surface area (Å²) in [4.78, 5) is 12.2. The molecule has 4 heteroatoms. The van der Waals surface area contributed by atoms with Gasteiger partial charge in [-0.1, -0.05) is 53.6 Å². The summed E-state index contributed by atoms with van der Waals surface area (Å²) in [5, 5.41) is 3.44. The largest absolute Gasteiger partial charge is 0.479 e. The smallest absolute Gasteiger partial charge is 0.261 e. The zero-order valence-electron chi connectivity index (χ0n) is 13.0. The number of ether oxygens (including phenoxy) is 1. The van der Waals surface area contributed by atoms with E-state index in [1.54, 1.807) is 19.1 Å². The molecule has 0 aliphatic heterocycles. The van der Waals surface area contributed by atoms with Gasteiger partial charge >= 0.3 is 0 Å². The van der Waals surface area contributed by atoms with Crippen molar-refractivity contribution in [2.24, 2.45) is 0 Å². The molecule has 0 radical (unpaired) electrons. The van der Waals surface area contributed by atoms with Crippen LogP contribution in [0.2, 0.25) is 5.02 Å². The number of rotatable bonds is 5. The average Bonchev–Trinajstić information content (AvgIpc) is 2.50. The molecule has 2 rings (SSSR count). The van der Waals surface area contributed by atoms with Crippen molar-refractivity contribution < 1.29 is 9.53 Å². The molecule has 1 N–H and O–H groups in total. The van der Waals surface area contributed by atoms with Gasteiger partial charge in [-0.3, -0.25) is 4.79 Å². The average molecular weight is 318 g/mol. The molecule has 22 heavy (non-hydrogen) atoms. The lowest BCUT2D eigenvalue weighted by molar-refractivity contribution is -0.127. The number of carbonyl (C=O) groups is 1. The van der Waals surface area contributed by atoms with Crippen molar-refractivity contribution in [1.29, 1.82) is 0 Å². The molecule has 0 aliphatic rings. The Bertz CT molecular complexity index is 640. The summed E-state index contributed by atoms with van der Waals surface area (Å²) in [6.45, 7) is 5.69. The van der Waals surface area contributed by atoms with Gasteiger partial charge in [-0.05, 0) is 38.5 Å². The van der Waals surface area contributed by atoms with E-state index in [0.29, 0.717) is 10.8 Å². The fourth-order valence-corrected chi connectivity index (χ4v) is 2.23. The molecular weight excluding hydrogens is 298 g/mol. The molecule has 0 saturated carbocycles. The monoisotopic (exact) mass is 317 g/mol. The van der Waals surface area contributed by atoms with Gasteiger partial charge in [0.05, 0.1) is 11.1 Å². The highest BCUT2D eigenvalue weighted by atomic mass is 35.5. The van der Waals surface area contributed by atoms with E-state index >= 15 is 0 Å². The van der Waals surface area contributed by atoms with Gasteiger partial charge < -0.3 is 10.1 Å². The first kappa shape index (κ1) is 16.4. The maximum atomic E-state index is 12.2. The molecule has 0 fully saturated rings. The molecule has 1 amide bonds. The topological polar surface area (TPSA) is 38.3 Å². The summed E-state index contributed by atoms with van der Waals surface area (Å²) >= 11 is 6.03. The van der Waals surface area contributed by atoms with Crippen molar-refractivity contribution >= 4 is 17.5 Å². The van der Waals surface area contributed by atoms with Crippen molar-refractivity contribution in [3.8, 4) is 5.75 Å². The van der Waals surface area contributed by atoms with Crippen molar-refractivity contribution in [1.82, 2.24) is 5.32 Å². The molecule has 0 heterocycles. The van der Waals surface area contributed by atoms with Crippen molar-refractivity contribution in [3.05, 3.63) is 64.7 Å². The third kappa shape index (κ3) is 4.25. The Balaban J connectivity index is 1.96. The summed E-state index contributed by atoms with van der Waals surface area (Å²) in [6.07, 6.45) is -0.618. The molecule has 0 saturated heterocycles. The predicted octanol–water partition coefficient (Wildman–Crippen LogP) is 4.29.